The maximum absolute atomic E-state index is 10.5. The summed E-state index contributed by atoms with van der Waals surface area (Å²) >= 11 is 17.5. The second-order valence-electron chi connectivity index (χ2n) is 4.55. The monoisotopic (exact) mass is 366 g/mol. The van der Waals surface area contributed by atoms with E-state index in [1.807, 2.05) is 0 Å². The lowest BCUT2D eigenvalue weighted by Gasteiger charge is -2.10. The number of aromatic hydroxyl groups is 1. The Labute approximate surface area is 145 Å². The normalized spacial score (nSPS) is 10.7. The second-order valence-corrected chi connectivity index (χ2v) is 5.73. The summed E-state index contributed by atoms with van der Waals surface area (Å²) in [5, 5.41) is 20.3. The molecule has 0 aliphatic heterocycles. The second kappa shape index (κ2) is 6.11. The summed E-state index contributed by atoms with van der Waals surface area (Å²) in [7, 11) is 0. The van der Waals surface area contributed by atoms with Gasteiger partial charge in [-0.15, -0.1) is 4.91 Å². The number of halogens is 2. The molecule has 0 radical (unpaired) electrons. The zero-order valence-corrected chi connectivity index (χ0v) is 13.7. The van der Waals surface area contributed by atoms with Gasteiger partial charge >= 0.3 is 0 Å². The molecule has 0 saturated carbocycles. The number of nitrogens with zero attached hydrogens (tertiary/aromatic N) is 3. The van der Waals surface area contributed by atoms with Crippen LogP contribution in [0.15, 0.2) is 41.6 Å². The van der Waals surface area contributed by atoms with E-state index >= 15 is 0 Å². The average Bonchev–Trinajstić information content (AvgIpc) is 2.91. The maximum atomic E-state index is 10.5. The Bertz CT molecular complexity index is 968. The number of aromatic amines is 1. The molecule has 0 aliphatic rings. The van der Waals surface area contributed by atoms with Gasteiger partial charge in [-0.1, -0.05) is 29.3 Å². The van der Waals surface area contributed by atoms with Crippen molar-refractivity contribution < 1.29 is 5.11 Å². The quantitative estimate of drug-likeness (QED) is 0.504. The SMILES string of the molecule is O=Nc1ccc(-c2n[nH]c(=S)n2-c2cccc(Cl)c2Cl)c(O)c1. The lowest BCUT2D eigenvalue weighted by Crippen LogP contribution is -1.99. The number of phenols is 1. The first-order valence-corrected chi connectivity index (χ1v) is 7.48. The zero-order valence-electron chi connectivity index (χ0n) is 11.3. The molecule has 6 nitrogen and oxygen atoms in total. The van der Waals surface area contributed by atoms with Crippen molar-refractivity contribution in [1.82, 2.24) is 14.8 Å². The molecule has 0 amide bonds. The number of rotatable bonds is 3. The van der Waals surface area contributed by atoms with Crippen LogP contribution in [-0.4, -0.2) is 19.9 Å². The third-order valence-corrected chi connectivity index (χ3v) is 4.25. The van der Waals surface area contributed by atoms with Crippen LogP contribution in [0.1, 0.15) is 0 Å². The van der Waals surface area contributed by atoms with E-state index < -0.39 is 0 Å². The molecule has 0 saturated heterocycles. The van der Waals surface area contributed by atoms with E-state index in [1.165, 1.54) is 18.2 Å². The van der Waals surface area contributed by atoms with Gasteiger partial charge in [-0.25, -0.2) is 0 Å². The predicted octanol–water partition coefficient (Wildman–Crippen LogP) is 5.01. The van der Waals surface area contributed by atoms with E-state index in [4.69, 9.17) is 35.4 Å². The number of H-pyrrole nitrogens is 1. The van der Waals surface area contributed by atoms with Gasteiger partial charge in [0, 0.05) is 6.07 Å². The van der Waals surface area contributed by atoms with Gasteiger partial charge in [0.25, 0.3) is 0 Å². The van der Waals surface area contributed by atoms with Gasteiger partial charge in [0.15, 0.2) is 10.6 Å². The molecule has 1 aromatic heterocycles. The number of nitroso groups, excluding NO2 is 1. The molecule has 1 heterocycles. The number of phenolic OH excluding ortho intramolecular Hbond substituents is 1. The van der Waals surface area contributed by atoms with Crippen LogP contribution in [0.5, 0.6) is 5.75 Å². The number of hydrogen-bond acceptors (Lipinski definition) is 5. The Morgan fingerprint density at radius 1 is 1.26 bits per heavy atom. The average molecular weight is 367 g/mol. The third-order valence-electron chi connectivity index (χ3n) is 3.17. The predicted molar refractivity (Wildman–Crippen MR) is 91.3 cm³/mol. The van der Waals surface area contributed by atoms with Crippen LogP contribution in [-0.2, 0) is 0 Å². The number of hydrogen-bond donors (Lipinski definition) is 2. The van der Waals surface area contributed by atoms with Gasteiger partial charge < -0.3 is 5.11 Å². The summed E-state index contributed by atoms with van der Waals surface area (Å²) in [5.74, 6) is 0.171. The van der Waals surface area contributed by atoms with E-state index in [1.54, 1.807) is 22.8 Å². The van der Waals surface area contributed by atoms with E-state index in [0.717, 1.165) is 0 Å². The molecular formula is C14H8Cl2N4O2S. The van der Waals surface area contributed by atoms with Crippen molar-refractivity contribution in [3.63, 3.8) is 0 Å². The number of benzene rings is 2. The fourth-order valence-corrected chi connectivity index (χ4v) is 2.74. The molecule has 2 N–H and O–H groups in total. The van der Waals surface area contributed by atoms with Crippen molar-refractivity contribution in [2.75, 3.05) is 0 Å². The first-order valence-electron chi connectivity index (χ1n) is 6.31. The Hall–Kier alpha value is -2.22. The molecule has 9 heteroatoms. The van der Waals surface area contributed by atoms with E-state index in [0.29, 0.717) is 27.1 Å². The van der Waals surface area contributed by atoms with Crippen LogP contribution in [0, 0.1) is 9.68 Å². The molecule has 3 rings (SSSR count). The molecule has 116 valence electrons. The summed E-state index contributed by atoms with van der Waals surface area (Å²) < 4.78 is 1.83. The van der Waals surface area contributed by atoms with E-state index in [2.05, 4.69) is 15.4 Å². The summed E-state index contributed by atoms with van der Waals surface area (Å²) in [6, 6.07) is 9.32. The van der Waals surface area contributed by atoms with E-state index in [-0.39, 0.29) is 16.2 Å². The Morgan fingerprint density at radius 2 is 2.04 bits per heavy atom. The molecule has 0 fully saturated rings. The van der Waals surface area contributed by atoms with Crippen molar-refractivity contribution in [2.24, 2.45) is 5.18 Å². The van der Waals surface area contributed by atoms with Crippen molar-refractivity contribution in [3.05, 3.63) is 56.1 Å². The Balaban J connectivity index is 2.26. The highest BCUT2D eigenvalue weighted by Crippen LogP contribution is 2.35. The molecular weight excluding hydrogens is 359 g/mol. The topological polar surface area (TPSA) is 83.3 Å². The van der Waals surface area contributed by atoms with Gasteiger partial charge in [-0.05, 0) is 41.7 Å². The lowest BCUT2D eigenvalue weighted by atomic mass is 10.1. The molecule has 0 aliphatic carbocycles. The van der Waals surface area contributed by atoms with Crippen LogP contribution in [0.3, 0.4) is 0 Å². The summed E-state index contributed by atoms with van der Waals surface area (Å²) in [6.45, 7) is 0. The minimum atomic E-state index is -0.157. The van der Waals surface area contributed by atoms with Gasteiger partial charge in [-0.2, -0.15) is 5.10 Å². The fraction of sp³-hybridized carbons (Fsp3) is 0. The number of nitrogens with one attached hydrogen (secondary N) is 1. The summed E-state index contributed by atoms with van der Waals surface area (Å²) in [6.07, 6.45) is 0. The highest BCUT2D eigenvalue weighted by molar-refractivity contribution is 7.71. The Morgan fingerprint density at radius 3 is 2.74 bits per heavy atom. The minimum absolute atomic E-state index is 0.104. The molecule has 0 unspecified atom stereocenters. The van der Waals surface area contributed by atoms with Gasteiger partial charge in [-0.3, -0.25) is 9.67 Å². The third kappa shape index (κ3) is 2.74. The van der Waals surface area contributed by atoms with Crippen LogP contribution in [0.4, 0.5) is 5.69 Å². The van der Waals surface area contributed by atoms with Crippen molar-refractivity contribution >= 4 is 41.1 Å². The highest BCUT2D eigenvalue weighted by Gasteiger charge is 2.17. The van der Waals surface area contributed by atoms with Gasteiger partial charge in [0.1, 0.15) is 11.4 Å². The molecule has 23 heavy (non-hydrogen) atoms. The van der Waals surface area contributed by atoms with Crippen LogP contribution < -0.4 is 0 Å². The Kier molecular flexibility index (Phi) is 4.16. The van der Waals surface area contributed by atoms with Crippen molar-refractivity contribution in [2.45, 2.75) is 0 Å². The van der Waals surface area contributed by atoms with E-state index in [9.17, 15) is 10.0 Å². The van der Waals surface area contributed by atoms with Crippen LogP contribution in [0.2, 0.25) is 10.0 Å². The first-order chi connectivity index (χ1) is 11.0. The molecule has 3 aromatic rings. The highest BCUT2D eigenvalue weighted by atomic mass is 35.5. The maximum Gasteiger partial charge on any atom is 0.200 e. The largest absolute Gasteiger partial charge is 0.507 e. The smallest absolute Gasteiger partial charge is 0.200 e. The lowest BCUT2D eigenvalue weighted by molar-refractivity contribution is 0.477. The first kappa shape index (κ1) is 15.7. The summed E-state index contributed by atoms with van der Waals surface area (Å²) in [4.78, 5) is 10.5. The van der Waals surface area contributed by atoms with Crippen molar-refractivity contribution in [3.8, 4) is 22.8 Å². The van der Waals surface area contributed by atoms with Crippen molar-refractivity contribution in [1.29, 1.82) is 0 Å². The zero-order chi connectivity index (χ0) is 16.6. The summed E-state index contributed by atoms with van der Waals surface area (Å²) in [5.41, 5.74) is 0.985. The standard InChI is InChI=1S/C14H8Cl2N4O2S/c15-9-2-1-3-10(12(9)16)20-13(17-18-14(20)23)8-5-4-7(19-22)6-11(8)21/h1-6,21H,(H,18,23). The van der Waals surface area contributed by atoms with Gasteiger partial charge in [0.2, 0.25) is 0 Å². The van der Waals surface area contributed by atoms with Gasteiger partial charge in [0.05, 0.1) is 21.3 Å². The molecule has 0 spiro atoms. The minimum Gasteiger partial charge on any atom is -0.507 e. The number of aromatic nitrogens is 3. The van der Waals surface area contributed by atoms with Crippen LogP contribution in [0.25, 0.3) is 17.1 Å². The van der Waals surface area contributed by atoms with Crippen LogP contribution >= 0.6 is 35.4 Å². The molecule has 0 bridgehead atoms. The molecule has 2 aromatic carbocycles. The fourth-order valence-electron chi connectivity index (χ4n) is 2.13. The molecule has 0 atom stereocenters.